The van der Waals surface area contributed by atoms with Crippen molar-refractivity contribution < 1.29 is 4.74 Å². The van der Waals surface area contributed by atoms with Crippen molar-refractivity contribution in [1.82, 2.24) is 9.47 Å². The van der Waals surface area contributed by atoms with E-state index in [-0.39, 0.29) is 5.56 Å². The van der Waals surface area contributed by atoms with Crippen molar-refractivity contribution in [2.24, 2.45) is 0 Å². The van der Waals surface area contributed by atoms with Gasteiger partial charge in [-0.1, -0.05) is 30.3 Å². The van der Waals surface area contributed by atoms with Crippen LogP contribution in [0.25, 0.3) is 11.1 Å². The second-order valence-corrected chi connectivity index (χ2v) is 5.95. The van der Waals surface area contributed by atoms with Crippen LogP contribution in [0.1, 0.15) is 12.8 Å². The zero-order valence-corrected chi connectivity index (χ0v) is 13.5. The minimum absolute atomic E-state index is 0.102. The molecule has 0 radical (unpaired) electrons. The Labute approximate surface area is 137 Å². The lowest BCUT2D eigenvalue weighted by atomic mass is 10.1. The molecule has 2 heterocycles. The van der Waals surface area contributed by atoms with Gasteiger partial charge >= 0.3 is 0 Å². The minimum atomic E-state index is 0.102. The van der Waals surface area contributed by atoms with Crippen molar-refractivity contribution in [3.05, 3.63) is 59.0 Å². The molecule has 1 aromatic carbocycles. The predicted octanol–water partition coefficient (Wildman–Crippen LogP) is 2.63. The first kappa shape index (κ1) is 16.0. The van der Waals surface area contributed by atoms with Gasteiger partial charge in [0.2, 0.25) is 0 Å². The molecule has 1 fully saturated rings. The Morgan fingerprint density at radius 1 is 0.913 bits per heavy atom. The summed E-state index contributed by atoms with van der Waals surface area (Å²) in [6.45, 7) is 5.63. The average molecular weight is 312 g/mol. The van der Waals surface area contributed by atoms with Gasteiger partial charge in [-0.15, -0.1) is 0 Å². The number of aromatic nitrogens is 1. The smallest absolute Gasteiger partial charge is 0.258 e. The van der Waals surface area contributed by atoms with Gasteiger partial charge in [0.1, 0.15) is 0 Å². The molecule has 4 heteroatoms. The second-order valence-electron chi connectivity index (χ2n) is 5.95. The van der Waals surface area contributed by atoms with Gasteiger partial charge in [-0.3, -0.25) is 9.69 Å². The number of hydrogen-bond donors (Lipinski definition) is 0. The predicted molar refractivity (Wildman–Crippen MR) is 92.6 cm³/mol. The van der Waals surface area contributed by atoms with Crippen LogP contribution in [0.5, 0.6) is 0 Å². The van der Waals surface area contributed by atoms with Crippen LogP contribution in [0.4, 0.5) is 0 Å². The molecule has 0 spiro atoms. The van der Waals surface area contributed by atoms with E-state index in [2.05, 4.69) is 4.90 Å². The summed E-state index contributed by atoms with van der Waals surface area (Å²) >= 11 is 0. The van der Waals surface area contributed by atoms with Crippen molar-refractivity contribution in [1.29, 1.82) is 0 Å². The lowest BCUT2D eigenvalue weighted by Gasteiger charge is -2.26. The summed E-state index contributed by atoms with van der Waals surface area (Å²) in [7, 11) is 0. The standard InChI is InChI=1S/C19H24N2O2/c22-19-18(17-7-2-1-3-8-17)9-6-12-21(19)11-5-4-10-20-13-15-23-16-14-20/h1-3,6-9,12H,4-5,10-11,13-16H2. The molecule has 1 aliphatic rings. The van der Waals surface area contributed by atoms with Gasteiger partial charge in [-0.2, -0.15) is 0 Å². The molecule has 0 saturated carbocycles. The van der Waals surface area contributed by atoms with Crippen molar-refractivity contribution in [3.8, 4) is 11.1 Å². The van der Waals surface area contributed by atoms with Gasteiger partial charge in [0.25, 0.3) is 5.56 Å². The van der Waals surface area contributed by atoms with Crippen LogP contribution >= 0.6 is 0 Å². The maximum absolute atomic E-state index is 12.6. The molecule has 0 unspecified atom stereocenters. The first-order chi connectivity index (χ1) is 11.3. The Hall–Kier alpha value is -1.91. The lowest BCUT2D eigenvalue weighted by Crippen LogP contribution is -2.36. The van der Waals surface area contributed by atoms with E-state index in [4.69, 9.17) is 4.74 Å². The van der Waals surface area contributed by atoms with Gasteiger partial charge in [-0.25, -0.2) is 0 Å². The molecule has 0 N–H and O–H groups in total. The molecule has 0 atom stereocenters. The first-order valence-electron chi connectivity index (χ1n) is 8.39. The maximum atomic E-state index is 12.6. The molecule has 0 bridgehead atoms. The zero-order chi connectivity index (χ0) is 15.9. The summed E-state index contributed by atoms with van der Waals surface area (Å²) in [5, 5.41) is 0. The Kier molecular flexibility index (Phi) is 5.61. The molecule has 2 aromatic rings. The Bertz CT molecular complexity index is 661. The second kappa shape index (κ2) is 8.09. The van der Waals surface area contributed by atoms with E-state index in [9.17, 15) is 4.79 Å². The monoisotopic (exact) mass is 312 g/mol. The summed E-state index contributed by atoms with van der Waals surface area (Å²) in [6, 6.07) is 13.7. The molecular formula is C19H24N2O2. The van der Waals surface area contributed by atoms with E-state index in [1.807, 2.05) is 53.2 Å². The lowest BCUT2D eigenvalue weighted by molar-refractivity contribution is 0.0370. The zero-order valence-electron chi connectivity index (χ0n) is 13.5. The van der Waals surface area contributed by atoms with Gasteiger partial charge in [0.05, 0.1) is 13.2 Å². The Morgan fingerprint density at radius 3 is 2.43 bits per heavy atom. The number of benzene rings is 1. The van der Waals surface area contributed by atoms with Crippen LogP contribution in [0.15, 0.2) is 53.5 Å². The van der Waals surface area contributed by atoms with Crippen LogP contribution in [0, 0.1) is 0 Å². The number of aryl methyl sites for hydroxylation is 1. The molecular weight excluding hydrogens is 288 g/mol. The van der Waals surface area contributed by atoms with E-state index in [1.165, 1.54) is 0 Å². The third kappa shape index (κ3) is 4.30. The van der Waals surface area contributed by atoms with Crippen LogP contribution in [-0.4, -0.2) is 42.3 Å². The number of pyridine rings is 1. The number of unbranched alkanes of at least 4 members (excludes halogenated alkanes) is 1. The molecule has 0 amide bonds. The summed E-state index contributed by atoms with van der Waals surface area (Å²) in [5.74, 6) is 0. The number of hydrogen-bond acceptors (Lipinski definition) is 3. The van der Waals surface area contributed by atoms with E-state index in [0.717, 1.165) is 63.4 Å². The van der Waals surface area contributed by atoms with Crippen LogP contribution in [0.3, 0.4) is 0 Å². The number of rotatable bonds is 6. The van der Waals surface area contributed by atoms with E-state index in [1.54, 1.807) is 0 Å². The molecule has 3 rings (SSSR count). The highest BCUT2D eigenvalue weighted by Crippen LogP contribution is 2.14. The number of morpholine rings is 1. The van der Waals surface area contributed by atoms with Crippen LogP contribution in [0.2, 0.25) is 0 Å². The molecule has 1 aromatic heterocycles. The fourth-order valence-corrected chi connectivity index (χ4v) is 2.99. The number of nitrogens with zero attached hydrogens (tertiary/aromatic N) is 2. The first-order valence-corrected chi connectivity index (χ1v) is 8.39. The van der Waals surface area contributed by atoms with E-state index >= 15 is 0 Å². The average Bonchev–Trinajstić information content (AvgIpc) is 2.61. The van der Waals surface area contributed by atoms with Gasteiger partial charge in [0, 0.05) is 31.4 Å². The third-order valence-electron chi connectivity index (χ3n) is 4.33. The highest BCUT2D eigenvalue weighted by Gasteiger charge is 2.09. The topological polar surface area (TPSA) is 34.5 Å². The Morgan fingerprint density at radius 2 is 1.65 bits per heavy atom. The third-order valence-corrected chi connectivity index (χ3v) is 4.33. The molecule has 23 heavy (non-hydrogen) atoms. The molecule has 4 nitrogen and oxygen atoms in total. The molecule has 1 aliphatic heterocycles. The molecule has 1 saturated heterocycles. The van der Waals surface area contributed by atoms with Crippen molar-refractivity contribution >= 4 is 0 Å². The van der Waals surface area contributed by atoms with Crippen LogP contribution < -0.4 is 5.56 Å². The summed E-state index contributed by atoms with van der Waals surface area (Å²) in [4.78, 5) is 15.0. The quantitative estimate of drug-likeness (QED) is 0.769. The van der Waals surface area contributed by atoms with E-state index in [0.29, 0.717) is 0 Å². The highest BCUT2D eigenvalue weighted by atomic mass is 16.5. The van der Waals surface area contributed by atoms with Gasteiger partial charge in [0.15, 0.2) is 0 Å². The maximum Gasteiger partial charge on any atom is 0.258 e. The minimum Gasteiger partial charge on any atom is -0.379 e. The fraction of sp³-hybridized carbons (Fsp3) is 0.421. The highest BCUT2D eigenvalue weighted by molar-refractivity contribution is 5.61. The van der Waals surface area contributed by atoms with Crippen molar-refractivity contribution in [2.45, 2.75) is 19.4 Å². The SMILES string of the molecule is O=c1c(-c2ccccc2)cccn1CCCCN1CCOCC1. The largest absolute Gasteiger partial charge is 0.379 e. The summed E-state index contributed by atoms with van der Waals surface area (Å²) in [5.41, 5.74) is 1.87. The summed E-state index contributed by atoms with van der Waals surface area (Å²) in [6.07, 6.45) is 4.03. The van der Waals surface area contributed by atoms with Crippen molar-refractivity contribution in [2.75, 3.05) is 32.8 Å². The van der Waals surface area contributed by atoms with Gasteiger partial charge < -0.3 is 9.30 Å². The van der Waals surface area contributed by atoms with Gasteiger partial charge in [-0.05, 0) is 37.1 Å². The van der Waals surface area contributed by atoms with E-state index < -0.39 is 0 Å². The molecule has 122 valence electrons. The number of ether oxygens (including phenoxy) is 1. The normalized spacial score (nSPS) is 15.7. The molecule has 0 aliphatic carbocycles. The fourth-order valence-electron chi connectivity index (χ4n) is 2.99. The van der Waals surface area contributed by atoms with Crippen LogP contribution in [-0.2, 0) is 11.3 Å². The van der Waals surface area contributed by atoms with Crippen molar-refractivity contribution in [3.63, 3.8) is 0 Å². The Balaban J connectivity index is 1.57. The summed E-state index contributed by atoms with van der Waals surface area (Å²) < 4.78 is 7.19.